The van der Waals surface area contributed by atoms with Crippen molar-refractivity contribution in [2.24, 2.45) is 0 Å². The maximum Gasteiger partial charge on any atom is 0.0526 e. The van der Waals surface area contributed by atoms with Crippen LogP contribution in [-0.2, 0) is 0 Å². The summed E-state index contributed by atoms with van der Waals surface area (Å²) in [5, 5.41) is 0. The van der Waals surface area contributed by atoms with Crippen molar-refractivity contribution in [1.29, 1.82) is 0 Å². The molecule has 148 valence electrons. The molecule has 0 bridgehead atoms. The molecule has 0 saturated carbocycles. The second kappa shape index (κ2) is 10.1. The van der Waals surface area contributed by atoms with E-state index in [0.29, 0.717) is 0 Å². The summed E-state index contributed by atoms with van der Waals surface area (Å²) in [6.07, 6.45) is 1.22. The largest absolute Gasteiger partial charge is 0.280 e. The number of rotatable bonds is 4. The van der Waals surface area contributed by atoms with Crippen LogP contribution in [0, 0.1) is 0 Å². The van der Waals surface area contributed by atoms with Gasteiger partial charge in [0.15, 0.2) is 0 Å². The van der Waals surface area contributed by atoms with Crippen LogP contribution in [0.15, 0.2) is 0 Å². The summed E-state index contributed by atoms with van der Waals surface area (Å²) in [5.74, 6) is 0. The van der Waals surface area contributed by atoms with Crippen molar-refractivity contribution in [3.8, 4) is 0 Å². The van der Waals surface area contributed by atoms with E-state index in [0.717, 1.165) is 66.4 Å². The molecule has 2 heterocycles. The van der Waals surface area contributed by atoms with Crippen molar-refractivity contribution < 1.29 is 0 Å². The van der Waals surface area contributed by atoms with Crippen LogP contribution < -0.4 is 0 Å². The molecule has 0 aliphatic carbocycles. The van der Waals surface area contributed by atoms with E-state index in [-0.39, 0.29) is 0 Å². The second-order valence-electron chi connectivity index (χ2n) is 8.41. The van der Waals surface area contributed by atoms with Crippen LogP contribution in [-0.4, -0.2) is 148 Å². The predicted molar refractivity (Wildman–Crippen MR) is 104 cm³/mol. The van der Waals surface area contributed by atoms with Gasteiger partial charge in [-0.05, 0) is 48.7 Å². The first-order valence-electron chi connectivity index (χ1n) is 9.38. The van der Waals surface area contributed by atoms with E-state index in [4.69, 9.17) is 0 Å². The Bertz CT molecular complexity index is 320. The van der Waals surface area contributed by atoms with Gasteiger partial charge >= 0.3 is 0 Å². The van der Waals surface area contributed by atoms with E-state index in [1.165, 1.54) is 6.42 Å². The summed E-state index contributed by atoms with van der Waals surface area (Å²) >= 11 is 0. The Hall–Kier alpha value is -0.320. The van der Waals surface area contributed by atoms with E-state index in [9.17, 15) is 0 Å². The van der Waals surface area contributed by atoms with Crippen molar-refractivity contribution in [3.05, 3.63) is 0 Å². The minimum atomic E-state index is 1.02. The minimum Gasteiger partial charge on any atom is -0.280 e. The normalized spacial score (nSPS) is 27.1. The Balaban J connectivity index is 1.77. The summed E-state index contributed by atoms with van der Waals surface area (Å²) in [6.45, 7) is 10.6. The molecule has 0 radical (unpaired) electrons. The van der Waals surface area contributed by atoms with Crippen LogP contribution >= 0.6 is 0 Å². The molecule has 2 fully saturated rings. The summed E-state index contributed by atoms with van der Waals surface area (Å²) in [5.41, 5.74) is 0. The Morgan fingerprint density at radius 3 is 0.920 bits per heavy atom. The molecule has 0 aromatic heterocycles. The zero-order chi connectivity index (χ0) is 18.4. The molecule has 2 saturated heterocycles. The van der Waals surface area contributed by atoms with Gasteiger partial charge in [0.05, 0.1) is 53.3 Å². The van der Waals surface area contributed by atoms with Crippen LogP contribution in [0.25, 0.3) is 0 Å². The molecule has 0 aromatic rings. The maximum absolute atomic E-state index is 2.57. The lowest BCUT2D eigenvalue weighted by atomic mass is 10.3. The highest BCUT2D eigenvalue weighted by atomic mass is 15.5. The quantitative estimate of drug-likeness (QED) is 0.650. The molecular weight excluding hydrogens is 316 g/mol. The van der Waals surface area contributed by atoms with Gasteiger partial charge in [-0.3, -0.25) is 39.2 Å². The molecule has 0 amide bonds. The second-order valence-corrected chi connectivity index (χ2v) is 8.41. The molecule has 0 atom stereocenters. The Labute approximate surface area is 155 Å². The topological polar surface area (TPSA) is 25.9 Å². The lowest BCUT2D eigenvalue weighted by Crippen LogP contribution is -2.53. The van der Waals surface area contributed by atoms with Gasteiger partial charge in [0.1, 0.15) is 0 Å². The molecule has 0 unspecified atom stereocenters. The molecule has 25 heavy (non-hydrogen) atoms. The van der Waals surface area contributed by atoms with Crippen LogP contribution in [0.1, 0.15) is 6.42 Å². The highest BCUT2D eigenvalue weighted by Crippen LogP contribution is 2.06. The predicted octanol–water partition coefficient (Wildman–Crippen LogP) is -0.741. The fourth-order valence-electron chi connectivity index (χ4n) is 4.17. The van der Waals surface area contributed by atoms with E-state index in [1.54, 1.807) is 0 Å². The van der Waals surface area contributed by atoms with E-state index in [1.807, 2.05) is 0 Å². The van der Waals surface area contributed by atoms with E-state index >= 15 is 0 Å². The van der Waals surface area contributed by atoms with Crippen molar-refractivity contribution >= 4 is 0 Å². The molecule has 8 heteroatoms. The Morgan fingerprint density at radius 1 is 0.400 bits per heavy atom. The maximum atomic E-state index is 2.57. The van der Waals surface area contributed by atoms with Crippen LogP contribution in [0.3, 0.4) is 0 Å². The highest BCUT2D eigenvalue weighted by Gasteiger charge is 2.19. The zero-order valence-corrected chi connectivity index (χ0v) is 17.4. The average molecular weight is 357 g/mol. The number of hydrogen-bond acceptors (Lipinski definition) is 8. The minimum absolute atomic E-state index is 1.02. The fraction of sp³-hybridized carbons (Fsp3) is 1.00. The lowest BCUT2D eigenvalue weighted by molar-refractivity contribution is -0.0100. The Kier molecular flexibility index (Phi) is 8.50. The molecule has 0 aromatic carbocycles. The van der Waals surface area contributed by atoms with Crippen LogP contribution in [0.2, 0.25) is 0 Å². The SMILES string of the molecule is CN1CN(C)CN(CCCN2CN(C)CN(C)CN(C)C2)CN(C)C1. The standard InChI is InChI=1S/C17H40N8/c1-18-10-20(3)14-24(15-21(4)11-18)8-7-9-25-16-22(5)12-19(2)13-23(6)17-25/h7-17H2,1-6H3. The van der Waals surface area contributed by atoms with Gasteiger partial charge in [0.2, 0.25) is 0 Å². The van der Waals surface area contributed by atoms with E-state index < -0.39 is 0 Å². The molecule has 0 N–H and O–H groups in total. The zero-order valence-electron chi connectivity index (χ0n) is 17.4. The van der Waals surface area contributed by atoms with Gasteiger partial charge in [-0.15, -0.1) is 0 Å². The third-order valence-corrected chi connectivity index (χ3v) is 4.65. The number of nitrogens with zero attached hydrogens (tertiary/aromatic N) is 8. The van der Waals surface area contributed by atoms with Crippen molar-refractivity contribution in [1.82, 2.24) is 39.2 Å². The van der Waals surface area contributed by atoms with Gasteiger partial charge in [-0.25, -0.2) is 0 Å². The smallest absolute Gasteiger partial charge is 0.0526 e. The molecular formula is C17H40N8. The summed E-state index contributed by atoms with van der Waals surface area (Å²) < 4.78 is 0. The fourth-order valence-corrected chi connectivity index (χ4v) is 4.17. The first kappa shape index (κ1) is 21.0. The lowest BCUT2D eigenvalue weighted by Gasteiger charge is -2.40. The number of hydrogen-bond donors (Lipinski definition) is 0. The van der Waals surface area contributed by atoms with Gasteiger partial charge in [0.25, 0.3) is 0 Å². The Morgan fingerprint density at radius 2 is 0.640 bits per heavy atom. The van der Waals surface area contributed by atoms with Gasteiger partial charge in [0, 0.05) is 13.1 Å². The molecule has 8 nitrogen and oxygen atoms in total. The molecule has 2 rings (SSSR count). The highest BCUT2D eigenvalue weighted by molar-refractivity contribution is 4.67. The van der Waals surface area contributed by atoms with Gasteiger partial charge in [-0.2, -0.15) is 0 Å². The summed E-state index contributed by atoms with van der Waals surface area (Å²) in [6, 6.07) is 0. The van der Waals surface area contributed by atoms with Crippen molar-refractivity contribution in [2.45, 2.75) is 6.42 Å². The first-order chi connectivity index (χ1) is 11.8. The van der Waals surface area contributed by atoms with Gasteiger partial charge < -0.3 is 0 Å². The summed E-state index contributed by atoms with van der Waals surface area (Å²) in [4.78, 5) is 19.5. The molecule has 2 aliphatic heterocycles. The van der Waals surface area contributed by atoms with Crippen molar-refractivity contribution in [2.75, 3.05) is 109 Å². The summed E-state index contributed by atoms with van der Waals surface area (Å²) in [7, 11) is 13.2. The van der Waals surface area contributed by atoms with Crippen molar-refractivity contribution in [3.63, 3.8) is 0 Å². The molecule has 0 spiro atoms. The first-order valence-corrected chi connectivity index (χ1v) is 9.38. The van der Waals surface area contributed by atoms with E-state index in [2.05, 4.69) is 81.5 Å². The average Bonchev–Trinajstić information content (AvgIpc) is 2.42. The molecule has 2 aliphatic rings. The monoisotopic (exact) mass is 356 g/mol. The third-order valence-electron chi connectivity index (χ3n) is 4.65. The van der Waals surface area contributed by atoms with Crippen LogP contribution in [0.4, 0.5) is 0 Å². The van der Waals surface area contributed by atoms with Gasteiger partial charge in [-0.1, -0.05) is 0 Å². The third kappa shape index (κ3) is 7.84. The van der Waals surface area contributed by atoms with Crippen LogP contribution in [0.5, 0.6) is 0 Å².